The van der Waals surface area contributed by atoms with Crippen molar-refractivity contribution in [2.24, 2.45) is 5.92 Å². The van der Waals surface area contributed by atoms with E-state index in [2.05, 4.69) is 15.2 Å². The van der Waals surface area contributed by atoms with Crippen LogP contribution in [0.1, 0.15) is 28.2 Å². The van der Waals surface area contributed by atoms with Gasteiger partial charge in [0.1, 0.15) is 9.88 Å². The summed E-state index contributed by atoms with van der Waals surface area (Å²) in [6.07, 6.45) is 2.39. The Bertz CT molecular complexity index is 750. The number of hydrogen-bond donors (Lipinski definition) is 1. The molecule has 3 aliphatic rings. The number of benzene rings is 1. The Kier molecular flexibility index (Phi) is 4.33. The van der Waals surface area contributed by atoms with Crippen LogP contribution in [0.2, 0.25) is 5.02 Å². The van der Waals surface area contributed by atoms with Crippen LogP contribution in [0.4, 0.5) is 0 Å². The monoisotopic (exact) mass is 361 g/mol. The predicted octanol–water partition coefficient (Wildman–Crippen LogP) is 3.60. The summed E-state index contributed by atoms with van der Waals surface area (Å²) in [6.45, 7) is 5.24. The molecule has 0 spiro atoms. The second-order valence-corrected chi connectivity index (χ2v) is 8.09. The number of amides is 1. The SMILES string of the molecule is Cc1nc(-c2ccc(Cl)cc2)sc1C(=O)NC1CN2CCC1CC2. The molecule has 3 fully saturated rings. The third-order valence-corrected chi connectivity index (χ3v) is 6.52. The third-order valence-electron chi connectivity index (χ3n) is 5.07. The number of carbonyl (C=O) groups excluding carboxylic acids is 1. The predicted molar refractivity (Wildman–Crippen MR) is 97.7 cm³/mol. The highest BCUT2D eigenvalue weighted by atomic mass is 35.5. The van der Waals surface area contributed by atoms with Gasteiger partial charge in [0.15, 0.2) is 0 Å². The lowest BCUT2D eigenvalue weighted by Gasteiger charge is -2.44. The first kappa shape index (κ1) is 16.1. The molecule has 1 aromatic heterocycles. The lowest BCUT2D eigenvalue weighted by molar-refractivity contribution is 0.0622. The van der Waals surface area contributed by atoms with E-state index in [0.29, 0.717) is 10.9 Å². The van der Waals surface area contributed by atoms with E-state index in [1.54, 1.807) is 0 Å². The molecule has 4 nitrogen and oxygen atoms in total. The van der Waals surface area contributed by atoms with Gasteiger partial charge in [0.2, 0.25) is 0 Å². The number of piperidine rings is 3. The van der Waals surface area contributed by atoms with Gasteiger partial charge in [-0.15, -0.1) is 11.3 Å². The molecule has 4 heterocycles. The van der Waals surface area contributed by atoms with Gasteiger partial charge in [-0.2, -0.15) is 0 Å². The minimum Gasteiger partial charge on any atom is -0.347 e. The molecule has 0 aliphatic carbocycles. The summed E-state index contributed by atoms with van der Waals surface area (Å²) in [5.41, 5.74) is 1.79. The van der Waals surface area contributed by atoms with Crippen LogP contribution >= 0.6 is 22.9 Å². The first-order chi connectivity index (χ1) is 11.6. The second kappa shape index (κ2) is 6.47. The van der Waals surface area contributed by atoms with Gasteiger partial charge in [-0.25, -0.2) is 4.98 Å². The van der Waals surface area contributed by atoms with Gasteiger partial charge in [0, 0.05) is 23.2 Å². The smallest absolute Gasteiger partial charge is 0.263 e. The normalized spacial score (nSPS) is 25.7. The zero-order chi connectivity index (χ0) is 16.7. The zero-order valence-corrected chi connectivity index (χ0v) is 15.2. The van der Waals surface area contributed by atoms with Crippen LogP contribution in [0.25, 0.3) is 10.6 Å². The highest BCUT2D eigenvalue weighted by Gasteiger charge is 2.35. The molecule has 5 rings (SSSR count). The van der Waals surface area contributed by atoms with Gasteiger partial charge in [-0.05, 0) is 50.9 Å². The van der Waals surface area contributed by atoms with Crippen molar-refractivity contribution in [1.82, 2.24) is 15.2 Å². The van der Waals surface area contributed by atoms with Crippen LogP contribution in [-0.4, -0.2) is 41.5 Å². The summed E-state index contributed by atoms with van der Waals surface area (Å²) < 4.78 is 0. The first-order valence-electron chi connectivity index (χ1n) is 8.37. The molecule has 0 saturated carbocycles. The third kappa shape index (κ3) is 3.08. The number of fused-ring (bicyclic) bond motifs is 3. The van der Waals surface area contributed by atoms with E-state index in [9.17, 15) is 4.79 Å². The quantitative estimate of drug-likeness (QED) is 0.908. The molecule has 2 aromatic rings. The van der Waals surface area contributed by atoms with E-state index in [0.717, 1.165) is 27.7 Å². The summed E-state index contributed by atoms with van der Waals surface area (Å²) >= 11 is 7.40. The van der Waals surface area contributed by atoms with Crippen LogP contribution in [0, 0.1) is 12.8 Å². The molecular formula is C18H20ClN3OS. The van der Waals surface area contributed by atoms with Crippen LogP contribution in [0.15, 0.2) is 24.3 Å². The lowest BCUT2D eigenvalue weighted by atomic mass is 9.84. The van der Waals surface area contributed by atoms with Gasteiger partial charge < -0.3 is 10.2 Å². The number of aryl methyl sites for hydroxylation is 1. The molecule has 6 heteroatoms. The van der Waals surface area contributed by atoms with Crippen LogP contribution in [0.3, 0.4) is 0 Å². The van der Waals surface area contributed by atoms with Crippen molar-refractivity contribution in [2.45, 2.75) is 25.8 Å². The molecule has 3 saturated heterocycles. The molecule has 2 bridgehead atoms. The average Bonchev–Trinajstić information content (AvgIpc) is 2.98. The van der Waals surface area contributed by atoms with Crippen LogP contribution < -0.4 is 5.32 Å². The number of carbonyl (C=O) groups is 1. The summed E-state index contributed by atoms with van der Waals surface area (Å²) in [5.74, 6) is 0.645. The van der Waals surface area contributed by atoms with Crippen LogP contribution in [-0.2, 0) is 0 Å². The molecule has 1 N–H and O–H groups in total. The van der Waals surface area contributed by atoms with Gasteiger partial charge in [0.25, 0.3) is 5.91 Å². The standard InChI is InChI=1S/C18H20ClN3OS/c1-11-16(24-18(20-11)13-2-4-14(19)5-3-13)17(23)21-15-10-22-8-6-12(15)7-9-22/h2-5,12,15H,6-10H2,1H3,(H,21,23). The van der Waals surface area contributed by atoms with E-state index in [1.807, 2.05) is 31.2 Å². The topological polar surface area (TPSA) is 45.2 Å². The zero-order valence-electron chi connectivity index (χ0n) is 13.6. The Morgan fingerprint density at radius 2 is 2.00 bits per heavy atom. The van der Waals surface area contributed by atoms with E-state index in [-0.39, 0.29) is 11.9 Å². The van der Waals surface area contributed by atoms with E-state index < -0.39 is 0 Å². The molecule has 1 unspecified atom stereocenters. The second-order valence-electron chi connectivity index (χ2n) is 6.66. The summed E-state index contributed by atoms with van der Waals surface area (Å²) in [6, 6.07) is 7.85. The molecule has 1 atom stereocenters. The molecule has 24 heavy (non-hydrogen) atoms. The van der Waals surface area contributed by atoms with Crippen molar-refractivity contribution in [1.29, 1.82) is 0 Å². The van der Waals surface area contributed by atoms with Crippen molar-refractivity contribution in [2.75, 3.05) is 19.6 Å². The van der Waals surface area contributed by atoms with Gasteiger partial charge >= 0.3 is 0 Å². The number of aromatic nitrogens is 1. The Morgan fingerprint density at radius 1 is 1.29 bits per heavy atom. The molecule has 0 radical (unpaired) electrons. The van der Waals surface area contributed by atoms with Crippen LogP contribution in [0.5, 0.6) is 0 Å². The molecule has 1 aromatic carbocycles. The number of nitrogens with zero attached hydrogens (tertiary/aromatic N) is 2. The van der Waals surface area contributed by atoms with Crippen molar-refractivity contribution in [3.63, 3.8) is 0 Å². The maximum atomic E-state index is 12.7. The minimum atomic E-state index is 0.0176. The van der Waals surface area contributed by atoms with Crippen molar-refractivity contribution in [3.8, 4) is 10.6 Å². The maximum absolute atomic E-state index is 12.7. The fourth-order valence-electron chi connectivity index (χ4n) is 3.69. The Labute approximate surface area is 150 Å². The van der Waals surface area contributed by atoms with Gasteiger partial charge in [0.05, 0.1) is 5.69 Å². The average molecular weight is 362 g/mol. The Morgan fingerprint density at radius 3 is 2.62 bits per heavy atom. The molecular weight excluding hydrogens is 342 g/mol. The fraction of sp³-hybridized carbons (Fsp3) is 0.444. The largest absolute Gasteiger partial charge is 0.347 e. The summed E-state index contributed by atoms with van der Waals surface area (Å²) in [4.78, 5) is 20.5. The first-order valence-corrected chi connectivity index (χ1v) is 9.56. The van der Waals surface area contributed by atoms with Crippen molar-refractivity contribution >= 4 is 28.8 Å². The van der Waals surface area contributed by atoms with Crippen molar-refractivity contribution < 1.29 is 4.79 Å². The lowest BCUT2D eigenvalue weighted by Crippen LogP contribution is -2.57. The van der Waals surface area contributed by atoms with Crippen molar-refractivity contribution in [3.05, 3.63) is 39.9 Å². The number of halogens is 1. The molecule has 1 amide bonds. The summed E-state index contributed by atoms with van der Waals surface area (Å²) in [7, 11) is 0. The minimum absolute atomic E-state index is 0.0176. The van der Waals surface area contributed by atoms with Gasteiger partial charge in [-0.1, -0.05) is 23.7 Å². The number of thiazole rings is 1. The van der Waals surface area contributed by atoms with E-state index in [4.69, 9.17) is 11.6 Å². The number of nitrogens with one attached hydrogen (secondary N) is 1. The Balaban J connectivity index is 1.51. The highest BCUT2D eigenvalue weighted by Crippen LogP contribution is 2.31. The number of hydrogen-bond acceptors (Lipinski definition) is 4. The molecule has 126 valence electrons. The highest BCUT2D eigenvalue weighted by molar-refractivity contribution is 7.17. The maximum Gasteiger partial charge on any atom is 0.263 e. The van der Waals surface area contributed by atoms with Gasteiger partial charge in [-0.3, -0.25) is 4.79 Å². The molecule has 3 aliphatic heterocycles. The fourth-order valence-corrected chi connectivity index (χ4v) is 4.79. The van der Waals surface area contributed by atoms with E-state index >= 15 is 0 Å². The summed E-state index contributed by atoms with van der Waals surface area (Å²) in [5, 5.41) is 4.82. The Hall–Kier alpha value is -1.43. The van der Waals surface area contributed by atoms with E-state index in [1.165, 1.54) is 37.3 Å². The number of rotatable bonds is 3.